The van der Waals surface area contributed by atoms with Crippen LogP contribution in [-0.2, 0) is 14.9 Å². The smallest absolute Gasteiger partial charge is 0.319 e. The predicted molar refractivity (Wildman–Crippen MR) is 51.2 cm³/mol. The molecule has 1 aromatic rings. The molecule has 2 fully saturated rings. The maximum Gasteiger partial charge on any atom is 0.319 e. The first-order chi connectivity index (χ1) is 7.28. The van der Waals surface area contributed by atoms with E-state index in [1.165, 1.54) is 20.0 Å². The van der Waals surface area contributed by atoms with E-state index < -0.39 is 5.41 Å². The minimum absolute atomic E-state index is 0.169. The van der Waals surface area contributed by atoms with Crippen LogP contribution >= 0.6 is 0 Å². The molecule has 5 heteroatoms. The van der Waals surface area contributed by atoms with Crippen LogP contribution in [0.5, 0.6) is 0 Å². The highest BCUT2D eigenvalue weighted by Gasteiger charge is 2.57. The Morgan fingerprint density at radius 1 is 1.60 bits per heavy atom. The van der Waals surface area contributed by atoms with Gasteiger partial charge in [0.2, 0.25) is 0 Å². The molecule has 2 aliphatic rings. The lowest BCUT2D eigenvalue weighted by atomic mass is 10.1. The van der Waals surface area contributed by atoms with Gasteiger partial charge in [-0.3, -0.25) is 4.79 Å². The third-order valence-corrected chi connectivity index (χ3v) is 3.27. The third-order valence-electron chi connectivity index (χ3n) is 3.27. The highest BCUT2D eigenvalue weighted by Crippen LogP contribution is 2.50. The molecule has 15 heavy (non-hydrogen) atoms. The van der Waals surface area contributed by atoms with E-state index in [1.807, 2.05) is 4.57 Å². The molecule has 1 heterocycles. The number of carbonyl (C=O) groups is 1. The highest BCUT2D eigenvalue weighted by molar-refractivity contribution is 5.85. The fourth-order valence-corrected chi connectivity index (χ4v) is 2.04. The van der Waals surface area contributed by atoms with Gasteiger partial charge in [-0.15, -0.1) is 10.2 Å². The van der Waals surface area contributed by atoms with Crippen molar-refractivity contribution in [2.75, 3.05) is 7.11 Å². The van der Waals surface area contributed by atoms with Crippen LogP contribution in [0.3, 0.4) is 0 Å². The van der Waals surface area contributed by atoms with Crippen LogP contribution in [0.25, 0.3) is 0 Å². The van der Waals surface area contributed by atoms with Crippen molar-refractivity contribution in [1.29, 1.82) is 0 Å². The van der Waals surface area contributed by atoms with E-state index in [9.17, 15) is 4.79 Å². The molecular formula is C10H13N3O2. The molecule has 80 valence electrons. The summed E-state index contributed by atoms with van der Waals surface area (Å²) in [7, 11) is 1.43. The molecule has 2 saturated carbocycles. The molecule has 0 amide bonds. The molecule has 0 radical (unpaired) electrons. The van der Waals surface area contributed by atoms with Crippen molar-refractivity contribution in [3.05, 3.63) is 12.2 Å². The number of hydrogen-bond acceptors (Lipinski definition) is 4. The maximum absolute atomic E-state index is 11.7. The number of hydrogen-bond donors (Lipinski definition) is 0. The standard InChI is InChI=1S/C10H13N3O2/c1-15-9(14)10(4-5-10)8-12-11-6-13(8)7-2-3-7/h6-7H,2-5H2,1H3. The molecule has 0 atom stereocenters. The van der Waals surface area contributed by atoms with E-state index in [2.05, 4.69) is 10.2 Å². The number of rotatable bonds is 3. The Bertz CT molecular complexity index is 405. The summed E-state index contributed by atoms with van der Waals surface area (Å²) in [6.07, 6.45) is 5.75. The maximum atomic E-state index is 11.7. The summed E-state index contributed by atoms with van der Waals surface area (Å²) in [5.41, 5.74) is -0.478. The lowest BCUT2D eigenvalue weighted by Crippen LogP contribution is -2.25. The van der Waals surface area contributed by atoms with Crippen LogP contribution in [0.15, 0.2) is 6.33 Å². The number of ether oxygens (including phenoxy) is 1. The zero-order valence-electron chi connectivity index (χ0n) is 8.64. The Kier molecular flexibility index (Phi) is 1.66. The normalized spacial score (nSPS) is 22.5. The SMILES string of the molecule is COC(=O)C1(c2nncn2C2CC2)CC1. The highest BCUT2D eigenvalue weighted by atomic mass is 16.5. The molecule has 2 aliphatic carbocycles. The summed E-state index contributed by atoms with van der Waals surface area (Å²) in [5.74, 6) is 0.634. The molecular weight excluding hydrogens is 194 g/mol. The minimum atomic E-state index is -0.478. The van der Waals surface area contributed by atoms with Crippen LogP contribution in [0.2, 0.25) is 0 Å². The van der Waals surface area contributed by atoms with E-state index in [-0.39, 0.29) is 5.97 Å². The average molecular weight is 207 g/mol. The largest absolute Gasteiger partial charge is 0.468 e. The Balaban J connectivity index is 1.98. The lowest BCUT2D eigenvalue weighted by molar-refractivity contribution is -0.144. The zero-order valence-corrected chi connectivity index (χ0v) is 8.64. The van der Waals surface area contributed by atoms with Crippen molar-refractivity contribution in [3.63, 3.8) is 0 Å². The fraction of sp³-hybridized carbons (Fsp3) is 0.700. The van der Waals surface area contributed by atoms with Crippen LogP contribution in [-0.4, -0.2) is 27.8 Å². The van der Waals surface area contributed by atoms with Crippen LogP contribution < -0.4 is 0 Å². The van der Waals surface area contributed by atoms with Crippen molar-refractivity contribution in [3.8, 4) is 0 Å². The molecule has 0 N–H and O–H groups in total. The van der Waals surface area contributed by atoms with Crippen molar-refractivity contribution in [1.82, 2.24) is 14.8 Å². The summed E-state index contributed by atoms with van der Waals surface area (Å²) in [5, 5.41) is 8.00. The molecule has 3 rings (SSSR count). The number of methoxy groups -OCH3 is 1. The topological polar surface area (TPSA) is 57.0 Å². The monoisotopic (exact) mass is 207 g/mol. The first-order valence-corrected chi connectivity index (χ1v) is 5.26. The van der Waals surface area contributed by atoms with Gasteiger partial charge >= 0.3 is 5.97 Å². The lowest BCUT2D eigenvalue weighted by Gasteiger charge is -2.12. The van der Waals surface area contributed by atoms with Gasteiger partial charge in [-0.05, 0) is 25.7 Å². The van der Waals surface area contributed by atoms with Gasteiger partial charge in [-0.2, -0.15) is 0 Å². The van der Waals surface area contributed by atoms with E-state index in [4.69, 9.17) is 4.74 Å². The summed E-state index contributed by atoms with van der Waals surface area (Å²) >= 11 is 0. The van der Waals surface area contributed by atoms with Crippen LogP contribution in [0.4, 0.5) is 0 Å². The van der Waals surface area contributed by atoms with Gasteiger partial charge < -0.3 is 9.30 Å². The number of carbonyl (C=O) groups excluding carboxylic acids is 1. The van der Waals surface area contributed by atoms with E-state index in [0.717, 1.165) is 18.7 Å². The quantitative estimate of drug-likeness (QED) is 0.688. The van der Waals surface area contributed by atoms with E-state index in [0.29, 0.717) is 6.04 Å². The van der Waals surface area contributed by atoms with Crippen LogP contribution in [0, 0.1) is 0 Å². The summed E-state index contributed by atoms with van der Waals surface area (Å²) in [6, 6.07) is 0.511. The van der Waals surface area contributed by atoms with Gasteiger partial charge in [0.15, 0.2) is 5.82 Å². The number of esters is 1. The third kappa shape index (κ3) is 1.19. The van der Waals surface area contributed by atoms with E-state index in [1.54, 1.807) is 6.33 Å². The van der Waals surface area contributed by atoms with Crippen molar-refractivity contribution in [2.45, 2.75) is 37.1 Å². The second-order valence-electron chi connectivity index (χ2n) is 4.37. The number of aromatic nitrogens is 3. The molecule has 0 aromatic carbocycles. The molecule has 0 unspecified atom stereocenters. The Labute approximate surface area is 87.4 Å². The van der Waals surface area contributed by atoms with Gasteiger partial charge in [-0.25, -0.2) is 0 Å². The number of nitrogens with zero attached hydrogens (tertiary/aromatic N) is 3. The van der Waals surface area contributed by atoms with Crippen LogP contribution in [0.1, 0.15) is 37.5 Å². The van der Waals surface area contributed by atoms with Gasteiger partial charge in [0.1, 0.15) is 11.7 Å². The first kappa shape index (κ1) is 8.88. The Hall–Kier alpha value is -1.39. The Morgan fingerprint density at radius 3 is 2.87 bits per heavy atom. The molecule has 0 bridgehead atoms. The average Bonchev–Trinajstić information content (AvgIpc) is 3.18. The van der Waals surface area contributed by atoms with Gasteiger partial charge in [0.05, 0.1) is 7.11 Å². The first-order valence-electron chi connectivity index (χ1n) is 5.26. The fourth-order valence-electron chi connectivity index (χ4n) is 2.04. The molecule has 5 nitrogen and oxygen atoms in total. The Morgan fingerprint density at radius 2 is 2.33 bits per heavy atom. The van der Waals surface area contributed by atoms with Crippen molar-refractivity contribution < 1.29 is 9.53 Å². The van der Waals surface area contributed by atoms with Gasteiger partial charge in [0.25, 0.3) is 0 Å². The summed E-state index contributed by atoms with van der Waals surface area (Å²) in [4.78, 5) is 11.7. The molecule has 0 aliphatic heterocycles. The zero-order chi connectivity index (χ0) is 10.5. The predicted octanol–water partition coefficient (Wildman–Crippen LogP) is 0.818. The summed E-state index contributed by atoms with van der Waals surface area (Å²) in [6.45, 7) is 0. The van der Waals surface area contributed by atoms with Gasteiger partial charge in [-0.1, -0.05) is 0 Å². The van der Waals surface area contributed by atoms with Crippen molar-refractivity contribution >= 4 is 5.97 Å². The molecule has 0 spiro atoms. The minimum Gasteiger partial charge on any atom is -0.468 e. The molecule has 1 aromatic heterocycles. The van der Waals surface area contributed by atoms with Gasteiger partial charge in [0, 0.05) is 6.04 Å². The second kappa shape index (κ2) is 2.81. The summed E-state index contributed by atoms with van der Waals surface area (Å²) < 4.78 is 6.88. The van der Waals surface area contributed by atoms with Crippen molar-refractivity contribution in [2.24, 2.45) is 0 Å². The van der Waals surface area contributed by atoms with E-state index >= 15 is 0 Å². The molecule has 0 saturated heterocycles. The second-order valence-corrected chi connectivity index (χ2v) is 4.37.